The van der Waals surface area contributed by atoms with Gasteiger partial charge in [0.2, 0.25) is 0 Å². The van der Waals surface area contributed by atoms with Crippen LogP contribution in [0.2, 0.25) is 0 Å². The number of halogens is 4. The Morgan fingerprint density at radius 1 is 1.10 bits per heavy atom. The first-order chi connectivity index (χ1) is 9.83. The van der Waals surface area contributed by atoms with E-state index in [0.29, 0.717) is 6.54 Å². The molecule has 0 aliphatic heterocycles. The number of ether oxygens (including phenoxy) is 1. The van der Waals surface area contributed by atoms with Crippen molar-refractivity contribution in [1.82, 2.24) is 0 Å². The van der Waals surface area contributed by atoms with E-state index >= 15 is 0 Å². The summed E-state index contributed by atoms with van der Waals surface area (Å²) in [4.78, 5) is 0. The van der Waals surface area contributed by atoms with Crippen molar-refractivity contribution < 1.29 is 17.9 Å². The number of hydrogen-bond donors (Lipinski definition) is 1. The van der Waals surface area contributed by atoms with Gasteiger partial charge in [0.1, 0.15) is 5.75 Å². The molecule has 21 heavy (non-hydrogen) atoms. The average Bonchev–Trinajstić information content (AvgIpc) is 2.40. The highest BCUT2D eigenvalue weighted by Gasteiger charge is 2.30. The quantitative estimate of drug-likeness (QED) is 0.802. The predicted molar refractivity (Wildman–Crippen MR) is 79.3 cm³/mol. The van der Waals surface area contributed by atoms with Gasteiger partial charge in [-0.3, -0.25) is 0 Å². The lowest BCUT2D eigenvalue weighted by Crippen LogP contribution is -2.17. The maximum Gasteiger partial charge on any atom is 0.573 e. The Kier molecular flexibility index (Phi) is 4.77. The third kappa shape index (κ3) is 4.97. The van der Waals surface area contributed by atoms with Crippen LogP contribution in [0.4, 0.5) is 18.9 Å². The maximum absolute atomic E-state index is 12.0. The molecule has 0 saturated carbocycles. The van der Waals surface area contributed by atoms with Crippen molar-refractivity contribution in [2.24, 2.45) is 0 Å². The monoisotopic (exact) mass is 359 g/mol. The maximum atomic E-state index is 12.0. The van der Waals surface area contributed by atoms with E-state index in [1.54, 1.807) is 12.1 Å². The molecule has 0 radical (unpaired) electrons. The molecule has 0 aliphatic carbocycles. The molecule has 2 aromatic carbocycles. The Bertz CT molecular complexity index is 611. The molecule has 0 aliphatic rings. The zero-order chi connectivity index (χ0) is 15.5. The Balaban J connectivity index is 1.96. The zero-order valence-electron chi connectivity index (χ0n) is 11.2. The second kappa shape index (κ2) is 6.39. The Morgan fingerprint density at radius 2 is 1.76 bits per heavy atom. The second-order valence-corrected chi connectivity index (χ2v) is 5.36. The molecule has 2 aromatic rings. The van der Waals surface area contributed by atoms with Gasteiger partial charge in [0, 0.05) is 16.7 Å². The van der Waals surface area contributed by atoms with Crippen LogP contribution in [-0.4, -0.2) is 6.36 Å². The van der Waals surface area contributed by atoms with E-state index in [-0.39, 0.29) is 5.75 Å². The molecule has 2 rings (SSSR count). The molecule has 0 spiro atoms. The molecule has 112 valence electrons. The molecule has 0 unspecified atom stereocenters. The molecule has 0 heterocycles. The molecule has 0 amide bonds. The molecular formula is C15H13BrF3NO. The number of rotatable bonds is 4. The Hall–Kier alpha value is -1.69. The van der Waals surface area contributed by atoms with Gasteiger partial charge >= 0.3 is 6.36 Å². The third-order valence-corrected chi connectivity index (χ3v) is 3.68. The first kappa shape index (κ1) is 15.7. The van der Waals surface area contributed by atoms with Crippen molar-refractivity contribution in [3.63, 3.8) is 0 Å². The normalized spacial score (nSPS) is 11.3. The molecule has 1 N–H and O–H groups in total. The van der Waals surface area contributed by atoms with Gasteiger partial charge in [-0.2, -0.15) is 0 Å². The first-order valence-electron chi connectivity index (χ1n) is 6.18. The van der Waals surface area contributed by atoms with E-state index in [1.807, 2.05) is 25.1 Å². The fraction of sp³-hybridized carbons (Fsp3) is 0.200. The number of benzene rings is 2. The fourth-order valence-corrected chi connectivity index (χ4v) is 2.15. The predicted octanol–water partition coefficient (Wildman–Crippen LogP) is 5.27. The van der Waals surface area contributed by atoms with Crippen LogP contribution < -0.4 is 10.1 Å². The number of nitrogens with one attached hydrogen (secondary N) is 1. The third-order valence-electron chi connectivity index (χ3n) is 2.82. The highest BCUT2D eigenvalue weighted by molar-refractivity contribution is 9.10. The van der Waals surface area contributed by atoms with Crippen LogP contribution >= 0.6 is 15.9 Å². The Morgan fingerprint density at radius 3 is 2.33 bits per heavy atom. The summed E-state index contributed by atoms with van der Waals surface area (Å²) in [6, 6.07) is 11.6. The molecule has 0 saturated heterocycles. The SMILES string of the molecule is Cc1ccc(CNc2ccc(OC(F)(F)F)cc2)cc1Br. The highest BCUT2D eigenvalue weighted by Crippen LogP contribution is 2.24. The minimum absolute atomic E-state index is 0.230. The van der Waals surface area contributed by atoms with Gasteiger partial charge < -0.3 is 10.1 Å². The summed E-state index contributed by atoms with van der Waals surface area (Å²) in [6.45, 7) is 2.58. The van der Waals surface area contributed by atoms with Crippen LogP contribution in [0.25, 0.3) is 0 Å². The second-order valence-electron chi connectivity index (χ2n) is 4.51. The van der Waals surface area contributed by atoms with Crippen molar-refractivity contribution in [3.8, 4) is 5.75 Å². The summed E-state index contributed by atoms with van der Waals surface area (Å²) in [5.41, 5.74) is 2.94. The average molecular weight is 360 g/mol. The van der Waals surface area contributed by atoms with Crippen molar-refractivity contribution >= 4 is 21.6 Å². The van der Waals surface area contributed by atoms with Crippen LogP contribution in [-0.2, 0) is 6.54 Å². The lowest BCUT2D eigenvalue weighted by Gasteiger charge is -2.11. The summed E-state index contributed by atoms with van der Waals surface area (Å²) in [7, 11) is 0. The van der Waals surface area contributed by atoms with E-state index < -0.39 is 6.36 Å². The zero-order valence-corrected chi connectivity index (χ0v) is 12.8. The topological polar surface area (TPSA) is 21.3 Å². The van der Waals surface area contributed by atoms with E-state index in [9.17, 15) is 13.2 Å². The van der Waals surface area contributed by atoms with Crippen molar-refractivity contribution in [2.75, 3.05) is 5.32 Å². The van der Waals surface area contributed by atoms with Crippen LogP contribution in [0.1, 0.15) is 11.1 Å². The molecule has 0 atom stereocenters. The van der Waals surface area contributed by atoms with Crippen LogP contribution in [0.15, 0.2) is 46.9 Å². The van der Waals surface area contributed by atoms with Gasteiger partial charge in [-0.25, -0.2) is 0 Å². The van der Waals surface area contributed by atoms with Crippen LogP contribution in [0, 0.1) is 6.92 Å². The van der Waals surface area contributed by atoms with Gasteiger partial charge in [0.05, 0.1) is 0 Å². The number of alkyl halides is 3. The summed E-state index contributed by atoms with van der Waals surface area (Å²) in [5, 5.41) is 3.14. The van der Waals surface area contributed by atoms with Crippen LogP contribution in [0.5, 0.6) is 5.75 Å². The number of hydrogen-bond acceptors (Lipinski definition) is 2. The lowest BCUT2D eigenvalue weighted by molar-refractivity contribution is -0.274. The molecule has 0 fully saturated rings. The van der Waals surface area contributed by atoms with E-state index in [2.05, 4.69) is 26.0 Å². The number of aryl methyl sites for hydroxylation is 1. The van der Waals surface area contributed by atoms with E-state index in [4.69, 9.17) is 0 Å². The molecular weight excluding hydrogens is 347 g/mol. The highest BCUT2D eigenvalue weighted by atomic mass is 79.9. The van der Waals surface area contributed by atoms with E-state index in [0.717, 1.165) is 21.3 Å². The molecule has 0 aromatic heterocycles. The summed E-state index contributed by atoms with van der Waals surface area (Å²) < 4.78 is 41.0. The van der Waals surface area contributed by atoms with Gasteiger partial charge in [0.15, 0.2) is 0 Å². The first-order valence-corrected chi connectivity index (χ1v) is 6.97. The smallest absolute Gasteiger partial charge is 0.406 e. The molecule has 0 bridgehead atoms. The Labute approximate surface area is 129 Å². The molecule has 6 heteroatoms. The van der Waals surface area contributed by atoms with Crippen molar-refractivity contribution in [2.45, 2.75) is 19.8 Å². The number of anilines is 1. The largest absolute Gasteiger partial charge is 0.573 e. The summed E-state index contributed by atoms with van der Waals surface area (Å²) >= 11 is 3.46. The summed E-state index contributed by atoms with van der Waals surface area (Å²) in [6.07, 6.45) is -4.66. The van der Waals surface area contributed by atoms with Crippen molar-refractivity contribution in [3.05, 3.63) is 58.1 Å². The van der Waals surface area contributed by atoms with Gasteiger partial charge in [0.25, 0.3) is 0 Å². The van der Waals surface area contributed by atoms with Crippen LogP contribution in [0.3, 0.4) is 0 Å². The molecule has 2 nitrogen and oxygen atoms in total. The van der Waals surface area contributed by atoms with Gasteiger partial charge in [-0.05, 0) is 48.4 Å². The van der Waals surface area contributed by atoms with Gasteiger partial charge in [-0.15, -0.1) is 13.2 Å². The van der Waals surface area contributed by atoms with Crippen molar-refractivity contribution in [1.29, 1.82) is 0 Å². The van der Waals surface area contributed by atoms with Gasteiger partial charge in [-0.1, -0.05) is 28.1 Å². The standard InChI is InChI=1S/C15H13BrF3NO/c1-10-2-3-11(8-14(10)16)9-20-12-4-6-13(7-5-12)21-15(17,18)19/h2-8,20H,9H2,1H3. The minimum Gasteiger partial charge on any atom is -0.406 e. The lowest BCUT2D eigenvalue weighted by atomic mass is 10.1. The summed E-state index contributed by atoms with van der Waals surface area (Å²) in [5.74, 6) is -0.230. The fourth-order valence-electron chi connectivity index (χ4n) is 1.72. The van der Waals surface area contributed by atoms with E-state index in [1.165, 1.54) is 12.1 Å². The minimum atomic E-state index is -4.66.